The summed E-state index contributed by atoms with van der Waals surface area (Å²) in [5, 5.41) is 9.41. The van der Waals surface area contributed by atoms with Gasteiger partial charge in [0.1, 0.15) is 0 Å². The molecular formula is C15H18N2O. The molecule has 1 aromatic heterocycles. The molecule has 2 rings (SSSR count). The van der Waals surface area contributed by atoms with E-state index in [9.17, 15) is 5.11 Å². The quantitative estimate of drug-likeness (QED) is 0.895. The Hall–Kier alpha value is -1.87. The van der Waals surface area contributed by atoms with Crippen molar-refractivity contribution in [2.45, 2.75) is 19.6 Å². The molecule has 3 nitrogen and oxygen atoms in total. The monoisotopic (exact) mass is 242 g/mol. The van der Waals surface area contributed by atoms with Gasteiger partial charge in [0.2, 0.25) is 0 Å². The molecule has 0 saturated heterocycles. The Morgan fingerprint density at radius 1 is 1.17 bits per heavy atom. The Balaban J connectivity index is 2.07. The van der Waals surface area contributed by atoms with Crippen LogP contribution in [0.15, 0.2) is 48.7 Å². The van der Waals surface area contributed by atoms with Crippen molar-refractivity contribution in [1.29, 1.82) is 0 Å². The highest BCUT2D eigenvalue weighted by molar-refractivity contribution is 5.44. The first kappa shape index (κ1) is 12.6. The normalized spacial score (nSPS) is 12.2. The molecule has 0 spiro atoms. The number of anilines is 1. The third-order valence-electron chi connectivity index (χ3n) is 2.90. The topological polar surface area (TPSA) is 36.4 Å². The van der Waals surface area contributed by atoms with Crippen LogP contribution >= 0.6 is 0 Å². The average Bonchev–Trinajstić information content (AvgIpc) is 2.40. The van der Waals surface area contributed by atoms with E-state index in [1.54, 1.807) is 13.1 Å². The van der Waals surface area contributed by atoms with Gasteiger partial charge in [-0.15, -0.1) is 0 Å². The van der Waals surface area contributed by atoms with E-state index < -0.39 is 6.10 Å². The molecule has 0 amide bonds. The number of aliphatic hydroxyl groups is 1. The first-order valence-corrected chi connectivity index (χ1v) is 6.06. The van der Waals surface area contributed by atoms with Crippen molar-refractivity contribution in [2.75, 3.05) is 11.9 Å². The molecular weight excluding hydrogens is 224 g/mol. The van der Waals surface area contributed by atoms with Gasteiger partial charge in [0.05, 0.1) is 23.7 Å². The highest BCUT2D eigenvalue weighted by Crippen LogP contribution is 2.17. The molecule has 1 atom stereocenters. The van der Waals surface area contributed by atoms with Gasteiger partial charge >= 0.3 is 0 Å². The lowest BCUT2D eigenvalue weighted by Crippen LogP contribution is -2.16. The SMILES string of the molecule is CC(O)c1ccc(N(C)Cc2ccccc2)cn1. The molecule has 0 aliphatic rings. The van der Waals surface area contributed by atoms with Gasteiger partial charge in [0.25, 0.3) is 0 Å². The van der Waals surface area contributed by atoms with Gasteiger partial charge in [-0.3, -0.25) is 4.98 Å². The summed E-state index contributed by atoms with van der Waals surface area (Å²) in [5.74, 6) is 0. The van der Waals surface area contributed by atoms with Crippen molar-refractivity contribution in [3.8, 4) is 0 Å². The third kappa shape index (κ3) is 3.08. The van der Waals surface area contributed by atoms with Gasteiger partial charge in [-0.25, -0.2) is 0 Å². The molecule has 1 N–H and O–H groups in total. The van der Waals surface area contributed by atoms with E-state index in [0.29, 0.717) is 5.69 Å². The van der Waals surface area contributed by atoms with E-state index in [2.05, 4.69) is 22.0 Å². The van der Waals surface area contributed by atoms with E-state index in [-0.39, 0.29) is 0 Å². The lowest BCUT2D eigenvalue weighted by atomic mass is 10.2. The Morgan fingerprint density at radius 2 is 1.89 bits per heavy atom. The summed E-state index contributed by atoms with van der Waals surface area (Å²) < 4.78 is 0. The van der Waals surface area contributed by atoms with Crippen LogP contribution in [0.4, 0.5) is 5.69 Å². The fourth-order valence-corrected chi connectivity index (χ4v) is 1.82. The maximum Gasteiger partial charge on any atom is 0.0931 e. The summed E-state index contributed by atoms with van der Waals surface area (Å²) in [5.41, 5.74) is 3.01. The van der Waals surface area contributed by atoms with Crippen LogP contribution in [0.5, 0.6) is 0 Å². The number of hydrogen-bond donors (Lipinski definition) is 1. The molecule has 18 heavy (non-hydrogen) atoms. The zero-order valence-electron chi connectivity index (χ0n) is 10.7. The minimum absolute atomic E-state index is 0.515. The van der Waals surface area contributed by atoms with Gasteiger partial charge in [-0.2, -0.15) is 0 Å². The van der Waals surface area contributed by atoms with Crippen LogP contribution in [-0.2, 0) is 6.54 Å². The zero-order chi connectivity index (χ0) is 13.0. The molecule has 1 heterocycles. The number of nitrogens with zero attached hydrogens (tertiary/aromatic N) is 2. The molecule has 0 aliphatic heterocycles. The molecule has 2 aromatic rings. The predicted octanol–water partition coefficient (Wildman–Crippen LogP) is 2.77. The lowest BCUT2D eigenvalue weighted by Gasteiger charge is -2.19. The van der Waals surface area contributed by atoms with Crippen LogP contribution in [0.3, 0.4) is 0 Å². The highest BCUT2D eigenvalue weighted by Gasteiger charge is 2.05. The van der Waals surface area contributed by atoms with Crippen molar-refractivity contribution in [2.24, 2.45) is 0 Å². The second kappa shape index (κ2) is 5.65. The van der Waals surface area contributed by atoms with Gasteiger partial charge in [0, 0.05) is 13.6 Å². The summed E-state index contributed by atoms with van der Waals surface area (Å²) in [7, 11) is 2.03. The van der Waals surface area contributed by atoms with Crippen molar-refractivity contribution >= 4 is 5.69 Å². The van der Waals surface area contributed by atoms with Crippen LogP contribution < -0.4 is 4.90 Å². The fraction of sp³-hybridized carbons (Fsp3) is 0.267. The van der Waals surface area contributed by atoms with E-state index in [0.717, 1.165) is 12.2 Å². The standard InChI is InChI=1S/C15H18N2O/c1-12(18)15-9-8-14(10-16-15)17(2)11-13-6-4-3-5-7-13/h3-10,12,18H,11H2,1-2H3. The maximum atomic E-state index is 9.41. The first-order valence-electron chi connectivity index (χ1n) is 6.06. The Labute approximate surface area is 108 Å². The van der Waals surface area contributed by atoms with E-state index >= 15 is 0 Å². The molecule has 0 radical (unpaired) electrons. The average molecular weight is 242 g/mol. The van der Waals surface area contributed by atoms with Crippen molar-refractivity contribution < 1.29 is 5.11 Å². The molecule has 0 saturated carbocycles. The maximum absolute atomic E-state index is 9.41. The van der Waals surface area contributed by atoms with E-state index in [1.807, 2.05) is 37.4 Å². The Kier molecular flexibility index (Phi) is 3.95. The molecule has 0 fully saturated rings. The molecule has 0 bridgehead atoms. The van der Waals surface area contributed by atoms with Crippen LogP contribution in [0.2, 0.25) is 0 Å². The fourth-order valence-electron chi connectivity index (χ4n) is 1.82. The minimum Gasteiger partial charge on any atom is -0.387 e. The Morgan fingerprint density at radius 3 is 2.44 bits per heavy atom. The van der Waals surface area contributed by atoms with Crippen LogP contribution in [0.1, 0.15) is 24.3 Å². The number of pyridine rings is 1. The number of aliphatic hydroxyl groups excluding tert-OH is 1. The van der Waals surface area contributed by atoms with Gasteiger partial charge in [-0.05, 0) is 24.6 Å². The first-order chi connectivity index (χ1) is 8.66. The molecule has 1 aromatic carbocycles. The zero-order valence-corrected chi connectivity index (χ0v) is 10.7. The number of rotatable bonds is 4. The molecule has 1 unspecified atom stereocenters. The van der Waals surface area contributed by atoms with Gasteiger partial charge < -0.3 is 10.0 Å². The van der Waals surface area contributed by atoms with Gasteiger partial charge in [0.15, 0.2) is 0 Å². The molecule has 0 aliphatic carbocycles. The summed E-state index contributed by atoms with van der Waals surface area (Å²) in [4.78, 5) is 6.38. The van der Waals surface area contributed by atoms with E-state index in [1.165, 1.54) is 5.56 Å². The van der Waals surface area contributed by atoms with E-state index in [4.69, 9.17) is 0 Å². The minimum atomic E-state index is -0.515. The number of aromatic nitrogens is 1. The largest absolute Gasteiger partial charge is 0.387 e. The lowest BCUT2D eigenvalue weighted by molar-refractivity contribution is 0.194. The smallest absolute Gasteiger partial charge is 0.0931 e. The summed E-state index contributed by atoms with van der Waals surface area (Å²) in [6, 6.07) is 14.2. The van der Waals surface area contributed by atoms with Crippen LogP contribution in [0, 0.1) is 0 Å². The Bertz CT molecular complexity index is 480. The number of hydrogen-bond acceptors (Lipinski definition) is 3. The summed E-state index contributed by atoms with van der Waals surface area (Å²) in [6.45, 7) is 2.56. The van der Waals surface area contributed by atoms with Crippen molar-refractivity contribution in [1.82, 2.24) is 4.98 Å². The molecule has 94 valence electrons. The van der Waals surface area contributed by atoms with Crippen molar-refractivity contribution in [3.63, 3.8) is 0 Å². The highest BCUT2D eigenvalue weighted by atomic mass is 16.3. The summed E-state index contributed by atoms with van der Waals surface area (Å²) >= 11 is 0. The number of benzene rings is 1. The summed E-state index contributed by atoms with van der Waals surface area (Å²) in [6.07, 6.45) is 1.28. The molecule has 3 heteroatoms. The second-order valence-electron chi connectivity index (χ2n) is 4.46. The van der Waals surface area contributed by atoms with Crippen LogP contribution in [-0.4, -0.2) is 17.1 Å². The third-order valence-corrected chi connectivity index (χ3v) is 2.90. The van der Waals surface area contributed by atoms with Gasteiger partial charge in [-0.1, -0.05) is 30.3 Å². The second-order valence-corrected chi connectivity index (χ2v) is 4.46. The predicted molar refractivity (Wildman–Crippen MR) is 73.4 cm³/mol. The van der Waals surface area contributed by atoms with Crippen LogP contribution in [0.25, 0.3) is 0 Å². The van der Waals surface area contributed by atoms with Crippen molar-refractivity contribution in [3.05, 3.63) is 59.9 Å².